The number of nitrogens with one attached hydrogen (secondary N) is 2. The minimum absolute atomic E-state index is 0.0500. The molecular formula is C24H22FN5O2. The van der Waals surface area contributed by atoms with Gasteiger partial charge in [0.05, 0.1) is 17.7 Å². The Hall–Kier alpha value is -4.12. The molecule has 2 amide bonds. The number of nitrogens with zero attached hydrogens (tertiary/aromatic N) is 3. The highest BCUT2D eigenvalue weighted by atomic mass is 19.1. The number of rotatable bonds is 7. The van der Waals surface area contributed by atoms with Crippen LogP contribution in [0.2, 0.25) is 0 Å². The first-order valence-corrected chi connectivity index (χ1v) is 10.1. The van der Waals surface area contributed by atoms with E-state index < -0.39 is 11.8 Å². The number of nitriles is 1. The predicted molar refractivity (Wildman–Crippen MR) is 116 cm³/mol. The number of hydrogen-bond acceptors (Lipinski definition) is 5. The average Bonchev–Trinajstić information content (AvgIpc) is 2.83. The second-order valence-corrected chi connectivity index (χ2v) is 7.18. The van der Waals surface area contributed by atoms with Crippen molar-refractivity contribution in [1.29, 1.82) is 5.26 Å². The summed E-state index contributed by atoms with van der Waals surface area (Å²) in [6, 6.07) is 14.6. The lowest BCUT2D eigenvalue weighted by Gasteiger charge is -2.14. The maximum Gasteiger partial charge on any atom is 0.270 e. The van der Waals surface area contributed by atoms with Crippen molar-refractivity contribution in [2.75, 3.05) is 0 Å². The number of benzene rings is 2. The Morgan fingerprint density at radius 2 is 1.75 bits per heavy atom. The van der Waals surface area contributed by atoms with E-state index in [0.29, 0.717) is 17.5 Å². The number of hydrogen-bond donors (Lipinski definition) is 2. The van der Waals surface area contributed by atoms with Crippen LogP contribution in [0.4, 0.5) is 4.39 Å². The normalized spacial score (nSPS) is 11.3. The van der Waals surface area contributed by atoms with Crippen LogP contribution in [0.1, 0.15) is 63.1 Å². The SMILES string of the molecule is CCc1cc(CNC(=O)c2cc(C(=O)N[C@@H](C)c3ccc(C#N)cc3)ncn2)ccc1F. The van der Waals surface area contributed by atoms with Crippen LogP contribution in [0.15, 0.2) is 54.9 Å². The van der Waals surface area contributed by atoms with Gasteiger partial charge in [-0.15, -0.1) is 0 Å². The van der Waals surface area contributed by atoms with Gasteiger partial charge in [-0.3, -0.25) is 9.59 Å². The second-order valence-electron chi connectivity index (χ2n) is 7.18. The minimum Gasteiger partial charge on any atom is -0.347 e. The van der Waals surface area contributed by atoms with Crippen LogP contribution in [-0.2, 0) is 13.0 Å². The monoisotopic (exact) mass is 431 g/mol. The number of aryl methyl sites for hydroxylation is 1. The molecule has 0 aliphatic rings. The number of halogens is 1. The first-order chi connectivity index (χ1) is 15.4. The van der Waals surface area contributed by atoms with Crippen LogP contribution in [0, 0.1) is 17.1 Å². The lowest BCUT2D eigenvalue weighted by molar-refractivity contribution is 0.0934. The maximum absolute atomic E-state index is 13.6. The van der Waals surface area contributed by atoms with E-state index in [1.165, 1.54) is 12.1 Å². The molecule has 0 aliphatic heterocycles. The highest BCUT2D eigenvalue weighted by molar-refractivity contribution is 5.97. The van der Waals surface area contributed by atoms with Gasteiger partial charge < -0.3 is 10.6 Å². The topological polar surface area (TPSA) is 108 Å². The third kappa shape index (κ3) is 5.52. The summed E-state index contributed by atoms with van der Waals surface area (Å²) in [5.74, 6) is -1.20. The zero-order chi connectivity index (χ0) is 23.1. The van der Waals surface area contributed by atoms with E-state index in [0.717, 1.165) is 17.5 Å². The molecular weight excluding hydrogens is 409 g/mol. The first kappa shape index (κ1) is 22.6. The molecule has 0 spiro atoms. The highest BCUT2D eigenvalue weighted by Crippen LogP contribution is 2.14. The third-order valence-electron chi connectivity index (χ3n) is 4.96. The van der Waals surface area contributed by atoms with Gasteiger partial charge in [-0.25, -0.2) is 14.4 Å². The second kappa shape index (κ2) is 10.3. The zero-order valence-corrected chi connectivity index (χ0v) is 17.7. The van der Waals surface area contributed by atoms with Crippen LogP contribution in [0.25, 0.3) is 0 Å². The van der Waals surface area contributed by atoms with Gasteiger partial charge in [0.1, 0.15) is 23.5 Å². The molecule has 32 heavy (non-hydrogen) atoms. The van der Waals surface area contributed by atoms with Crippen molar-refractivity contribution < 1.29 is 14.0 Å². The molecule has 0 unspecified atom stereocenters. The van der Waals surface area contributed by atoms with Gasteiger partial charge in [-0.2, -0.15) is 5.26 Å². The summed E-state index contributed by atoms with van der Waals surface area (Å²) in [4.78, 5) is 33.0. The molecule has 162 valence electrons. The van der Waals surface area contributed by atoms with Crippen molar-refractivity contribution in [2.24, 2.45) is 0 Å². The molecule has 0 radical (unpaired) electrons. The molecule has 2 N–H and O–H groups in total. The van der Waals surface area contributed by atoms with Crippen molar-refractivity contribution >= 4 is 11.8 Å². The summed E-state index contributed by atoms with van der Waals surface area (Å²) in [7, 11) is 0. The third-order valence-corrected chi connectivity index (χ3v) is 4.96. The van der Waals surface area contributed by atoms with Crippen LogP contribution < -0.4 is 10.6 Å². The molecule has 1 heterocycles. The first-order valence-electron chi connectivity index (χ1n) is 10.1. The number of carbonyl (C=O) groups excluding carboxylic acids is 2. The molecule has 1 aromatic heterocycles. The van der Waals surface area contributed by atoms with E-state index in [1.54, 1.807) is 43.3 Å². The van der Waals surface area contributed by atoms with E-state index in [2.05, 4.69) is 20.6 Å². The smallest absolute Gasteiger partial charge is 0.270 e. The molecule has 8 heteroatoms. The summed E-state index contributed by atoms with van der Waals surface area (Å²) >= 11 is 0. The quantitative estimate of drug-likeness (QED) is 0.596. The largest absolute Gasteiger partial charge is 0.347 e. The molecule has 0 saturated heterocycles. The Balaban J connectivity index is 1.64. The lowest BCUT2D eigenvalue weighted by atomic mass is 10.1. The molecule has 2 aromatic carbocycles. The Kier molecular flexibility index (Phi) is 7.24. The molecule has 0 bridgehead atoms. The van der Waals surface area contributed by atoms with Crippen molar-refractivity contribution in [3.05, 3.63) is 94.3 Å². The molecule has 0 fully saturated rings. The molecule has 3 rings (SSSR count). The predicted octanol–water partition coefficient (Wildman–Crippen LogP) is 3.47. The fourth-order valence-electron chi connectivity index (χ4n) is 3.09. The Morgan fingerprint density at radius 3 is 2.41 bits per heavy atom. The van der Waals surface area contributed by atoms with Crippen molar-refractivity contribution in [3.63, 3.8) is 0 Å². The van der Waals surface area contributed by atoms with Crippen molar-refractivity contribution in [3.8, 4) is 6.07 Å². The molecule has 0 aliphatic carbocycles. The van der Waals surface area contributed by atoms with Gasteiger partial charge in [0.25, 0.3) is 11.8 Å². The van der Waals surface area contributed by atoms with E-state index in [1.807, 2.05) is 13.0 Å². The Morgan fingerprint density at radius 1 is 1.06 bits per heavy atom. The highest BCUT2D eigenvalue weighted by Gasteiger charge is 2.16. The summed E-state index contributed by atoms with van der Waals surface area (Å²) < 4.78 is 13.6. The van der Waals surface area contributed by atoms with Gasteiger partial charge in [0.15, 0.2) is 0 Å². The van der Waals surface area contributed by atoms with Crippen LogP contribution in [0.3, 0.4) is 0 Å². The molecule has 1 atom stereocenters. The molecule has 0 saturated carbocycles. The Labute approximate surface area is 185 Å². The van der Waals surface area contributed by atoms with Gasteiger partial charge in [-0.1, -0.05) is 31.2 Å². The maximum atomic E-state index is 13.6. The van der Waals surface area contributed by atoms with Gasteiger partial charge >= 0.3 is 0 Å². The van der Waals surface area contributed by atoms with E-state index in [-0.39, 0.29) is 29.8 Å². The number of amides is 2. The number of aromatic nitrogens is 2. The summed E-state index contributed by atoms with van der Waals surface area (Å²) in [5.41, 5.74) is 2.81. The van der Waals surface area contributed by atoms with Crippen LogP contribution >= 0.6 is 0 Å². The fraction of sp³-hybridized carbons (Fsp3) is 0.208. The van der Waals surface area contributed by atoms with Gasteiger partial charge in [0.2, 0.25) is 0 Å². The van der Waals surface area contributed by atoms with Crippen LogP contribution in [0.5, 0.6) is 0 Å². The standard InChI is InChI=1S/C24H22FN5O2/c1-3-18-10-17(6-9-20(18)25)13-27-23(31)21-11-22(29-14-28-21)24(32)30-15(2)19-7-4-16(12-26)5-8-19/h4-11,14-15H,3,13H2,1-2H3,(H,27,31)(H,30,32)/t15-/m0/s1. The Bertz CT molecular complexity index is 1170. The van der Waals surface area contributed by atoms with E-state index in [9.17, 15) is 14.0 Å². The van der Waals surface area contributed by atoms with Gasteiger partial charge in [0, 0.05) is 12.6 Å². The van der Waals surface area contributed by atoms with E-state index in [4.69, 9.17) is 5.26 Å². The fourth-order valence-corrected chi connectivity index (χ4v) is 3.09. The molecule has 7 nitrogen and oxygen atoms in total. The zero-order valence-electron chi connectivity index (χ0n) is 17.7. The molecule has 3 aromatic rings. The number of carbonyl (C=O) groups is 2. The van der Waals surface area contributed by atoms with Crippen molar-refractivity contribution in [1.82, 2.24) is 20.6 Å². The average molecular weight is 431 g/mol. The minimum atomic E-state index is -0.469. The van der Waals surface area contributed by atoms with Crippen LogP contribution in [-0.4, -0.2) is 21.8 Å². The van der Waals surface area contributed by atoms with E-state index >= 15 is 0 Å². The summed E-state index contributed by atoms with van der Waals surface area (Å²) in [5, 5.41) is 14.4. The van der Waals surface area contributed by atoms with Gasteiger partial charge in [-0.05, 0) is 48.2 Å². The summed E-state index contributed by atoms with van der Waals surface area (Å²) in [6.45, 7) is 3.87. The van der Waals surface area contributed by atoms with Crippen molar-refractivity contribution in [2.45, 2.75) is 32.9 Å². The lowest BCUT2D eigenvalue weighted by Crippen LogP contribution is -2.29. The summed E-state index contributed by atoms with van der Waals surface area (Å²) in [6.07, 6.45) is 1.71.